The molecule has 1 unspecified atom stereocenters. The number of benzene rings is 1. The monoisotopic (exact) mass is 343 g/mol. The van der Waals surface area contributed by atoms with E-state index >= 15 is 0 Å². The molecule has 1 aromatic carbocycles. The van der Waals surface area contributed by atoms with E-state index in [4.69, 9.17) is 5.73 Å². The maximum Gasteiger partial charge on any atom is 0.173 e. The van der Waals surface area contributed by atoms with Gasteiger partial charge in [0.1, 0.15) is 0 Å². The molecule has 0 aliphatic rings. The third-order valence-electron chi connectivity index (χ3n) is 3.28. The van der Waals surface area contributed by atoms with Crippen LogP contribution < -0.4 is 5.73 Å². The highest BCUT2D eigenvalue weighted by Crippen LogP contribution is 2.28. The van der Waals surface area contributed by atoms with Crippen LogP contribution in [0.15, 0.2) is 22.7 Å². The fourth-order valence-electron chi connectivity index (χ4n) is 2.10. The molecule has 1 aromatic heterocycles. The van der Waals surface area contributed by atoms with E-state index in [1.807, 2.05) is 20.0 Å². The summed E-state index contributed by atoms with van der Waals surface area (Å²) < 4.78 is 28.5. The molecule has 20 heavy (non-hydrogen) atoms. The van der Waals surface area contributed by atoms with Gasteiger partial charge < -0.3 is 5.73 Å². The average molecular weight is 344 g/mol. The van der Waals surface area contributed by atoms with Crippen LogP contribution in [0.5, 0.6) is 0 Å². The molecule has 3 nitrogen and oxygen atoms in total. The smallest absolute Gasteiger partial charge is 0.173 e. The maximum absolute atomic E-state index is 13.5. The van der Waals surface area contributed by atoms with Crippen molar-refractivity contribution in [3.63, 3.8) is 0 Å². The fraction of sp³-hybridized carbons (Fsp3) is 0.357. The predicted molar refractivity (Wildman–Crippen MR) is 77.3 cm³/mol. The number of nitrogens with zero attached hydrogens (tertiary/aromatic N) is 2. The molecule has 1 heterocycles. The number of rotatable bonds is 4. The number of halogens is 3. The van der Waals surface area contributed by atoms with Crippen LogP contribution in [-0.4, -0.2) is 9.78 Å². The summed E-state index contributed by atoms with van der Waals surface area (Å²) in [6.07, 6.45) is 1.35. The number of aryl methyl sites for hydroxylation is 2. The Morgan fingerprint density at radius 2 is 2.10 bits per heavy atom. The Morgan fingerprint density at radius 3 is 2.70 bits per heavy atom. The Kier molecular flexibility index (Phi) is 4.55. The second-order valence-corrected chi connectivity index (χ2v) is 5.47. The van der Waals surface area contributed by atoms with E-state index in [-0.39, 0.29) is 4.47 Å². The van der Waals surface area contributed by atoms with Crippen molar-refractivity contribution < 1.29 is 8.78 Å². The zero-order chi connectivity index (χ0) is 14.9. The Hall–Kier alpha value is -1.27. The third-order valence-corrected chi connectivity index (χ3v) is 4.09. The Labute approximate surface area is 124 Å². The van der Waals surface area contributed by atoms with Crippen molar-refractivity contribution in [3.8, 4) is 0 Å². The van der Waals surface area contributed by atoms with Gasteiger partial charge in [0.15, 0.2) is 11.6 Å². The highest BCUT2D eigenvalue weighted by atomic mass is 79.9. The topological polar surface area (TPSA) is 43.8 Å². The van der Waals surface area contributed by atoms with Crippen LogP contribution in [0.2, 0.25) is 0 Å². The normalized spacial score (nSPS) is 12.7. The first-order valence-corrected chi connectivity index (χ1v) is 7.14. The van der Waals surface area contributed by atoms with Crippen molar-refractivity contribution in [2.75, 3.05) is 0 Å². The van der Waals surface area contributed by atoms with Crippen LogP contribution >= 0.6 is 15.9 Å². The van der Waals surface area contributed by atoms with Crippen LogP contribution in [0.4, 0.5) is 8.78 Å². The first-order valence-electron chi connectivity index (χ1n) is 6.34. The van der Waals surface area contributed by atoms with Crippen molar-refractivity contribution in [1.29, 1.82) is 0 Å². The van der Waals surface area contributed by atoms with Crippen LogP contribution in [0, 0.1) is 11.6 Å². The Morgan fingerprint density at radius 1 is 1.40 bits per heavy atom. The summed E-state index contributed by atoms with van der Waals surface area (Å²) in [6, 6.07) is 4.15. The molecule has 6 heteroatoms. The van der Waals surface area contributed by atoms with E-state index in [1.54, 1.807) is 4.68 Å². The molecule has 0 spiro atoms. The number of aromatic nitrogens is 2. The molecule has 2 N–H and O–H groups in total. The summed E-state index contributed by atoms with van der Waals surface area (Å²) in [7, 11) is 1.85. The first-order chi connectivity index (χ1) is 9.43. The van der Waals surface area contributed by atoms with Crippen LogP contribution in [0.1, 0.15) is 29.9 Å². The van der Waals surface area contributed by atoms with Gasteiger partial charge in [-0.25, -0.2) is 8.78 Å². The molecule has 0 aliphatic heterocycles. The fourth-order valence-corrected chi connectivity index (χ4v) is 2.71. The van der Waals surface area contributed by atoms with Gasteiger partial charge >= 0.3 is 0 Å². The Balaban J connectivity index is 2.26. The molecule has 2 rings (SSSR count). The lowest BCUT2D eigenvalue weighted by atomic mass is 10.0. The summed E-state index contributed by atoms with van der Waals surface area (Å²) in [5, 5.41) is 4.35. The molecule has 0 aliphatic carbocycles. The minimum Gasteiger partial charge on any atom is -0.324 e. The summed E-state index contributed by atoms with van der Waals surface area (Å²) in [5.41, 5.74) is 8.60. The molecular formula is C14H16BrF2N3. The van der Waals surface area contributed by atoms with Gasteiger partial charge in [-0.2, -0.15) is 5.10 Å². The maximum atomic E-state index is 13.5. The second-order valence-electron chi connectivity index (χ2n) is 4.68. The number of nitrogens with two attached hydrogens (primary N) is 1. The van der Waals surface area contributed by atoms with Gasteiger partial charge in [0.25, 0.3) is 0 Å². The summed E-state index contributed by atoms with van der Waals surface area (Å²) in [4.78, 5) is 0. The Bertz CT molecular complexity index is 625. The van der Waals surface area contributed by atoms with E-state index in [0.29, 0.717) is 12.0 Å². The lowest BCUT2D eigenvalue weighted by Gasteiger charge is -2.14. The van der Waals surface area contributed by atoms with Gasteiger partial charge in [0.2, 0.25) is 0 Å². The summed E-state index contributed by atoms with van der Waals surface area (Å²) in [6.45, 7) is 2.03. The lowest BCUT2D eigenvalue weighted by Crippen LogP contribution is -2.16. The van der Waals surface area contributed by atoms with E-state index < -0.39 is 17.7 Å². The van der Waals surface area contributed by atoms with Crippen molar-refractivity contribution in [3.05, 3.63) is 51.3 Å². The van der Waals surface area contributed by atoms with E-state index in [0.717, 1.165) is 23.9 Å². The zero-order valence-corrected chi connectivity index (χ0v) is 12.9. The minimum absolute atomic E-state index is 0.0860. The van der Waals surface area contributed by atoms with Gasteiger partial charge in [0.05, 0.1) is 10.2 Å². The quantitative estimate of drug-likeness (QED) is 0.866. The largest absolute Gasteiger partial charge is 0.324 e. The van der Waals surface area contributed by atoms with E-state index in [2.05, 4.69) is 21.0 Å². The van der Waals surface area contributed by atoms with Gasteiger partial charge in [0, 0.05) is 25.2 Å². The van der Waals surface area contributed by atoms with Gasteiger partial charge in [-0.3, -0.25) is 4.68 Å². The minimum atomic E-state index is -0.905. The number of hydrogen-bond donors (Lipinski definition) is 1. The molecule has 0 saturated carbocycles. The molecule has 108 valence electrons. The first kappa shape index (κ1) is 15.1. The van der Waals surface area contributed by atoms with Gasteiger partial charge in [-0.05, 0) is 40.0 Å². The summed E-state index contributed by atoms with van der Waals surface area (Å²) >= 11 is 3.06. The predicted octanol–water partition coefficient (Wildman–Crippen LogP) is 3.27. The molecule has 0 amide bonds. The van der Waals surface area contributed by atoms with E-state index in [9.17, 15) is 8.78 Å². The molecule has 0 bridgehead atoms. The molecule has 2 aromatic rings. The van der Waals surface area contributed by atoms with E-state index in [1.165, 1.54) is 6.07 Å². The number of hydrogen-bond acceptors (Lipinski definition) is 2. The van der Waals surface area contributed by atoms with Gasteiger partial charge in [-0.1, -0.05) is 13.0 Å². The third kappa shape index (κ3) is 2.91. The van der Waals surface area contributed by atoms with Crippen LogP contribution in [0.25, 0.3) is 0 Å². The highest BCUT2D eigenvalue weighted by Gasteiger charge is 2.18. The molecule has 0 saturated heterocycles. The average Bonchev–Trinajstić information content (AvgIpc) is 2.76. The molecular weight excluding hydrogens is 328 g/mol. The lowest BCUT2D eigenvalue weighted by molar-refractivity contribution is 0.499. The van der Waals surface area contributed by atoms with Crippen LogP contribution in [0.3, 0.4) is 0 Å². The standard InChI is InChI=1S/C14H16BrF2N3/c1-3-8-6-9(20(2)19-8)7-12(18)10-4-5-11(16)14(17)13(10)15/h4-6,12H,3,7,18H2,1-2H3. The molecule has 0 radical (unpaired) electrons. The molecule has 0 fully saturated rings. The van der Waals surface area contributed by atoms with Crippen molar-refractivity contribution in [2.24, 2.45) is 12.8 Å². The molecule has 1 atom stereocenters. The second kappa shape index (κ2) is 6.01. The van der Waals surface area contributed by atoms with Crippen molar-refractivity contribution >= 4 is 15.9 Å². The highest BCUT2D eigenvalue weighted by molar-refractivity contribution is 9.10. The van der Waals surface area contributed by atoms with Crippen molar-refractivity contribution in [1.82, 2.24) is 9.78 Å². The zero-order valence-electron chi connectivity index (χ0n) is 11.3. The van der Waals surface area contributed by atoms with Crippen LogP contribution in [-0.2, 0) is 19.9 Å². The van der Waals surface area contributed by atoms with Crippen molar-refractivity contribution in [2.45, 2.75) is 25.8 Å². The van der Waals surface area contributed by atoms with Gasteiger partial charge in [-0.15, -0.1) is 0 Å². The summed E-state index contributed by atoms with van der Waals surface area (Å²) in [5.74, 6) is -1.79. The SMILES string of the molecule is CCc1cc(CC(N)c2ccc(F)c(F)c2Br)n(C)n1.